The lowest BCUT2D eigenvalue weighted by Crippen LogP contribution is -2.19. The van der Waals surface area contributed by atoms with Crippen LogP contribution in [0.4, 0.5) is 0 Å². The highest BCUT2D eigenvalue weighted by Gasteiger charge is 2.18. The molecule has 4 rings (SSSR count). The molecule has 1 N–H and O–H groups in total. The third-order valence-corrected chi connectivity index (χ3v) is 6.19. The van der Waals surface area contributed by atoms with Gasteiger partial charge in [0.25, 0.3) is 5.91 Å². The summed E-state index contributed by atoms with van der Waals surface area (Å²) >= 11 is 1.64. The molecule has 0 spiro atoms. The largest absolute Gasteiger partial charge is 0.281 e. The Morgan fingerprint density at radius 2 is 1.71 bits per heavy atom. The van der Waals surface area contributed by atoms with Crippen molar-refractivity contribution in [2.24, 2.45) is 5.10 Å². The van der Waals surface area contributed by atoms with Gasteiger partial charge in [-0.15, -0.1) is 11.3 Å². The molecule has 0 saturated carbocycles. The molecule has 3 nitrogen and oxygen atoms in total. The Bertz CT molecular complexity index is 767. The van der Waals surface area contributed by atoms with E-state index in [1.807, 2.05) is 0 Å². The topological polar surface area (TPSA) is 41.5 Å². The monoisotopic (exact) mass is 338 g/mol. The molecule has 1 aromatic carbocycles. The predicted octanol–water partition coefficient (Wildman–Crippen LogP) is 4.49. The molecule has 2 aliphatic rings. The first-order valence-corrected chi connectivity index (χ1v) is 9.69. The molecule has 1 heterocycles. The molecule has 1 aromatic heterocycles. The van der Waals surface area contributed by atoms with Gasteiger partial charge in [0.2, 0.25) is 0 Å². The minimum atomic E-state index is -0.0661. The van der Waals surface area contributed by atoms with Crippen molar-refractivity contribution in [3.63, 3.8) is 0 Å². The second-order valence-corrected chi connectivity index (χ2v) is 7.77. The Morgan fingerprint density at radius 3 is 2.58 bits per heavy atom. The molecular formula is C20H22N2OS. The van der Waals surface area contributed by atoms with Crippen molar-refractivity contribution in [3.8, 4) is 0 Å². The molecule has 0 unspecified atom stereocenters. The second-order valence-electron chi connectivity index (χ2n) is 6.63. The summed E-state index contributed by atoms with van der Waals surface area (Å²) in [6.45, 7) is 0. The SMILES string of the molecule is O=C(N/N=C1\CCCCc2ccccc21)c1cc2c(s1)CCCC2. The highest BCUT2D eigenvalue weighted by Crippen LogP contribution is 2.29. The number of benzene rings is 1. The molecule has 2 aliphatic carbocycles. The lowest BCUT2D eigenvalue weighted by molar-refractivity contribution is 0.0958. The second kappa shape index (κ2) is 6.89. The molecule has 0 aliphatic heterocycles. The maximum Gasteiger partial charge on any atom is 0.281 e. The number of aryl methyl sites for hydroxylation is 3. The van der Waals surface area contributed by atoms with Crippen LogP contribution in [-0.4, -0.2) is 11.6 Å². The average molecular weight is 338 g/mol. The minimum absolute atomic E-state index is 0.0661. The number of hydrogen-bond donors (Lipinski definition) is 1. The number of amides is 1. The Labute approximate surface area is 146 Å². The molecule has 0 atom stereocenters. The minimum Gasteiger partial charge on any atom is -0.266 e. The van der Waals surface area contributed by atoms with Crippen LogP contribution in [-0.2, 0) is 19.3 Å². The van der Waals surface area contributed by atoms with Crippen molar-refractivity contribution in [2.75, 3.05) is 0 Å². The van der Waals surface area contributed by atoms with E-state index in [9.17, 15) is 4.79 Å². The summed E-state index contributed by atoms with van der Waals surface area (Å²) in [5.74, 6) is -0.0661. The van der Waals surface area contributed by atoms with Crippen LogP contribution >= 0.6 is 11.3 Å². The maximum absolute atomic E-state index is 12.5. The Balaban J connectivity index is 1.54. The molecule has 4 heteroatoms. The summed E-state index contributed by atoms with van der Waals surface area (Å²) in [5.41, 5.74) is 7.72. The summed E-state index contributed by atoms with van der Waals surface area (Å²) in [6.07, 6.45) is 9.05. The third-order valence-electron chi connectivity index (χ3n) is 4.95. The Kier molecular flexibility index (Phi) is 4.48. The molecule has 1 amide bonds. The fraction of sp³-hybridized carbons (Fsp3) is 0.400. The van der Waals surface area contributed by atoms with Crippen LogP contribution in [0.2, 0.25) is 0 Å². The van der Waals surface area contributed by atoms with E-state index in [-0.39, 0.29) is 5.91 Å². The quantitative estimate of drug-likeness (QED) is 0.636. The Hall–Kier alpha value is -1.94. The van der Waals surface area contributed by atoms with Crippen LogP contribution < -0.4 is 5.43 Å². The molecule has 24 heavy (non-hydrogen) atoms. The summed E-state index contributed by atoms with van der Waals surface area (Å²) in [6, 6.07) is 10.5. The highest BCUT2D eigenvalue weighted by atomic mass is 32.1. The van der Waals surface area contributed by atoms with Crippen molar-refractivity contribution >= 4 is 23.0 Å². The van der Waals surface area contributed by atoms with Crippen LogP contribution in [0.3, 0.4) is 0 Å². The van der Waals surface area contributed by atoms with Crippen LogP contribution in [0.15, 0.2) is 35.4 Å². The van der Waals surface area contributed by atoms with Crippen LogP contribution in [0.1, 0.15) is 63.3 Å². The van der Waals surface area contributed by atoms with Crippen molar-refractivity contribution in [2.45, 2.75) is 51.4 Å². The van der Waals surface area contributed by atoms with E-state index in [0.717, 1.165) is 42.7 Å². The van der Waals surface area contributed by atoms with Crippen LogP contribution in [0, 0.1) is 0 Å². The fourth-order valence-corrected chi connectivity index (χ4v) is 4.80. The fourth-order valence-electron chi connectivity index (χ4n) is 3.65. The van der Waals surface area contributed by atoms with Gasteiger partial charge in [0.1, 0.15) is 0 Å². The molecule has 2 aromatic rings. The number of carbonyl (C=O) groups excluding carboxylic acids is 1. The number of hydrogen-bond acceptors (Lipinski definition) is 3. The van der Waals surface area contributed by atoms with Gasteiger partial charge in [-0.05, 0) is 68.6 Å². The zero-order valence-electron chi connectivity index (χ0n) is 13.8. The van der Waals surface area contributed by atoms with Gasteiger partial charge in [-0.25, -0.2) is 5.43 Å². The summed E-state index contributed by atoms with van der Waals surface area (Å²) in [7, 11) is 0. The van der Waals surface area contributed by atoms with E-state index < -0.39 is 0 Å². The first-order valence-electron chi connectivity index (χ1n) is 8.88. The van der Waals surface area contributed by atoms with Gasteiger partial charge in [0.05, 0.1) is 10.6 Å². The number of nitrogens with zero attached hydrogens (tertiary/aromatic N) is 1. The summed E-state index contributed by atoms with van der Waals surface area (Å²) in [4.78, 5) is 14.7. The normalized spacial score (nSPS) is 18.6. The number of fused-ring (bicyclic) bond motifs is 2. The lowest BCUT2D eigenvalue weighted by Gasteiger charge is -2.08. The van der Waals surface area contributed by atoms with Crippen molar-refractivity contribution < 1.29 is 4.79 Å². The predicted molar refractivity (Wildman–Crippen MR) is 99.0 cm³/mol. The van der Waals surface area contributed by atoms with E-state index in [1.54, 1.807) is 11.3 Å². The van der Waals surface area contributed by atoms with Crippen molar-refractivity contribution in [3.05, 3.63) is 56.8 Å². The molecule has 0 fully saturated rings. The number of carbonyl (C=O) groups is 1. The van der Waals surface area contributed by atoms with Gasteiger partial charge in [-0.2, -0.15) is 5.10 Å². The van der Waals surface area contributed by atoms with E-state index in [4.69, 9.17) is 0 Å². The molecule has 0 bridgehead atoms. The standard InChI is InChI=1S/C20H22N2OS/c23-20(19-13-15-9-3-6-12-18(15)24-19)22-21-17-11-5-2-8-14-7-1-4-10-16(14)17/h1,4,7,10,13H,2-3,5-6,8-9,11-12H2,(H,22,23)/b21-17+. The number of nitrogens with one attached hydrogen (secondary N) is 1. The van der Waals surface area contributed by atoms with E-state index in [0.29, 0.717) is 0 Å². The third kappa shape index (κ3) is 3.16. The number of hydrazone groups is 1. The lowest BCUT2D eigenvalue weighted by atomic mass is 9.99. The molecule has 0 radical (unpaired) electrons. The van der Waals surface area contributed by atoms with Gasteiger partial charge in [-0.1, -0.05) is 24.3 Å². The van der Waals surface area contributed by atoms with Crippen LogP contribution in [0.5, 0.6) is 0 Å². The van der Waals surface area contributed by atoms with E-state index in [2.05, 4.69) is 40.9 Å². The zero-order chi connectivity index (χ0) is 16.4. The smallest absolute Gasteiger partial charge is 0.266 e. The molecule has 124 valence electrons. The van der Waals surface area contributed by atoms with Crippen LogP contribution in [0.25, 0.3) is 0 Å². The van der Waals surface area contributed by atoms with Gasteiger partial charge >= 0.3 is 0 Å². The highest BCUT2D eigenvalue weighted by molar-refractivity contribution is 7.14. The first-order chi connectivity index (χ1) is 11.8. The molecular weight excluding hydrogens is 316 g/mol. The van der Waals surface area contributed by atoms with Gasteiger partial charge in [0.15, 0.2) is 0 Å². The Morgan fingerprint density at radius 1 is 0.958 bits per heavy atom. The van der Waals surface area contributed by atoms with Gasteiger partial charge in [0, 0.05) is 10.4 Å². The summed E-state index contributed by atoms with van der Waals surface area (Å²) < 4.78 is 0. The van der Waals surface area contributed by atoms with Crippen molar-refractivity contribution in [1.29, 1.82) is 0 Å². The maximum atomic E-state index is 12.5. The van der Waals surface area contributed by atoms with E-state index >= 15 is 0 Å². The van der Waals surface area contributed by atoms with Crippen molar-refractivity contribution in [1.82, 2.24) is 5.43 Å². The average Bonchev–Trinajstić information content (AvgIpc) is 2.95. The summed E-state index contributed by atoms with van der Waals surface area (Å²) in [5, 5.41) is 4.49. The molecule has 0 saturated heterocycles. The van der Waals surface area contributed by atoms with E-state index in [1.165, 1.54) is 40.8 Å². The first kappa shape index (κ1) is 15.6. The van der Waals surface area contributed by atoms with Gasteiger partial charge < -0.3 is 0 Å². The van der Waals surface area contributed by atoms with Gasteiger partial charge in [-0.3, -0.25) is 4.79 Å². The number of thiophene rings is 1. The zero-order valence-corrected chi connectivity index (χ0v) is 14.6. The number of rotatable bonds is 2.